The van der Waals surface area contributed by atoms with E-state index in [2.05, 4.69) is 34.8 Å². The first-order valence-corrected chi connectivity index (χ1v) is 10.2. The molecule has 0 saturated heterocycles. The number of para-hydroxylation sites is 1. The summed E-state index contributed by atoms with van der Waals surface area (Å²) in [4.78, 5) is 16.3. The lowest BCUT2D eigenvalue weighted by Gasteiger charge is -2.19. The summed E-state index contributed by atoms with van der Waals surface area (Å²) in [6, 6.07) is 17.5. The Morgan fingerprint density at radius 1 is 1.12 bits per heavy atom. The molecule has 0 fully saturated rings. The molecule has 2 aromatic carbocycles. The number of H-pyrrole nitrogens is 1. The Kier molecular flexibility index (Phi) is 6.12. The van der Waals surface area contributed by atoms with Crippen molar-refractivity contribution in [2.24, 2.45) is 0 Å². The molecule has 6 nitrogen and oxygen atoms in total. The molecule has 4 rings (SSSR count). The molecule has 2 aromatic heterocycles. The molecule has 0 spiro atoms. The third kappa shape index (κ3) is 4.16. The fraction of sp³-hybridized carbons (Fsp3) is 0.115. The molecule has 0 atom stereocenters. The normalized spacial score (nSPS) is 11.7. The number of aromatic nitrogens is 3. The van der Waals surface area contributed by atoms with E-state index < -0.39 is 5.97 Å². The van der Waals surface area contributed by atoms with Crippen LogP contribution in [0.2, 0.25) is 0 Å². The van der Waals surface area contributed by atoms with Crippen molar-refractivity contribution in [1.29, 1.82) is 0 Å². The molecule has 0 saturated carbocycles. The minimum Gasteiger partial charge on any atom is -0.481 e. The van der Waals surface area contributed by atoms with Gasteiger partial charge in [-0.05, 0) is 53.0 Å². The zero-order chi connectivity index (χ0) is 22.5. The molecular formula is C26H23N3O3. The lowest BCUT2D eigenvalue weighted by Crippen LogP contribution is -2.06. The van der Waals surface area contributed by atoms with Gasteiger partial charge in [0.2, 0.25) is 5.88 Å². The summed E-state index contributed by atoms with van der Waals surface area (Å²) in [5.74, 6) is 0.488. The van der Waals surface area contributed by atoms with Crippen molar-refractivity contribution in [1.82, 2.24) is 15.2 Å². The van der Waals surface area contributed by atoms with Gasteiger partial charge in [0.1, 0.15) is 5.75 Å². The number of carbonyl (C=O) groups excluding carboxylic acids is 1. The first-order chi connectivity index (χ1) is 15.6. The van der Waals surface area contributed by atoms with Gasteiger partial charge in [-0.25, -0.2) is 9.78 Å². The number of hydrogen-bond donors (Lipinski definition) is 1. The van der Waals surface area contributed by atoms with E-state index in [9.17, 15) is 4.79 Å². The van der Waals surface area contributed by atoms with Crippen molar-refractivity contribution < 1.29 is 14.3 Å². The van der Waals surface area contributed by atoms with Crippen LogP contribution in [0.3, 0.4) is 0 Å². The minimum atomic E-state index is -0.509. The highest BCUT2D eigenvalue weighted by atomic mass is 16.5. The highest BCUT2D eigenvalue weighted by Gasteiger charge is 2.19. The second-order valence-corrected chi connectivity index (χ2v) is 7.09. The molecule has 4 aromatic rings. The highest BCUT2D eigenvalue weighted by Crippen LogP contribution is 2.39. The lowest BCUT2D eigenvalue weighted by atomic mass is 9.87. The van der Waals surface area contributed by atoms with E-state index in [1.807, 2.05) is 42.5 Å². The number of nitrogens with one attached hydrogen (secondary N) is 1. The average molecular weight is 425 g/mol. The summed E-state index contributed by atoms with van der Waals surface area (Å²) in [5, 5.41) is 8.12. The molecule has 0 aliphatic rings. The Bertz CT molecular complexity index is 1320. The number of rotatable bonds is 7. The molecule has 0 amide bonds. The van der Waals surface area contributed by atoms with Crippen LogP contribution in [-0.2, 0) is 4.79 Å². The Morgan fingerprint density at radius 2 is 1.97 bits per heavy atom. The smallest absolute Gasteiger partial charge is 0.335 e. The number of nitrogens with zero attached hydrogens (tertiary/aromatic N) is 2. The van der Waals surface area contributed by atoms with Crippen LogP contribution in [0.5, 0.6) is 11.6 Å². The van der Waals surface area contributed by atoms with Crippen LogP contribution in [0.25, 0.3) is 22.0 Å². The summed E-state index contributed by atoms with van der Waals surface area (Å²) in [5.41, 5.74) is 5.73. The largest absolute Gasteiger partial charge is 0.481 e. The Morgan fingerprint density at radius 3 is 2.75 bits per heavy atom. The van der Waals surface area contributed by atoms with Gasteiger partial charge in [0.15, 0.2) is 0 Å². The maximum atomic E-state index is 12.0. The number of aromatic amines is 1. The van der Waals surface area contributed by atoms with E-state index in [-0.39, 0.29) is 0 Å². The van der Waals surface area contributed by atoms with Gasteiger partial charge < -0.3 is 9.47 Å². The molecule has 1 N–H and O–H groups in total. The third-order valence-electron chi connectivity index (χ3n) is 5.21. The van der Waals surface area contributed by atoms with Crippen molar-refractivity contribution in [3.8, 4) is 11.6 Å². The zero-order valence-electron chi connectivity index (χ0n) is 18.0. The van der Waals surface area contributed by atoms with Crippen LogP contribution in [0.4, 0.5) is 0 Å². The summed E-state index contributed by atoms with van der Waals surface area (Å²) in [7, 11) is 1.60. The number of ether oxygens (including phenoxy) is 2. The van der Waals surface area contributed by atoms with Crippen LogP contribution in [0.15, 0.2) is 79.6 Å². The maximum Gasteiger partial charge on any atom is 0.335 e. The Balaban J connectivity index is 2.02. The topological polar surface area (TPSA) is 77.1 Å². The van der Waals surface area contributed by atoms with Gasteiger partial charge in [-0.1, -0.05) is 37.8 Å². The fourth-order valence-corrected chi connectivity index (χ4v) is 3.74. The van der Waals surface area contributed by atoms with Crippen molar-refractivity contribution in [3.05, 3.63) is 96.3 Å². The van der Waals surface area contributed by atoms with Crippen molar-refractivity contribution >= 4 is 28.0 Å². The number of pyridine rings is 1. The Hall–Kier alpha value is -4.19. The summed E-state index contributed by atoms with van der Waals surface area (Å²) >= 11 is 0. The molecule has 2 heterocycles. The number of allylic oxidation sites excluding steroid dienone is 1. The summed E-state index contributed by atoms with van der Waals surface area (Å²) < 4.78 is 11.0. The number of carbonyl (C=O) groups is 1. The molecule has 0 radical (unpaired) electrons. The molecule has 6 heteroatoms. The number of methoxy groups -OCH3 is 1. The van der Waals surface area contributed by atoms with E-state index >= 15 is 0 Å². The van der Waals surface area contributed by atoms with Crippen LogP contribution >= 0.6 is 0 Å². The van der Waals surface area contributed by atoms with Gasteiger partial charge in [0.25, 0.3) is 0 Å². The van der Waals surface area contributed by atoms with Crippen LogP contribution in [0, 0.1) is 0 Å². The number of fused-ring (bicyclic) bond motifs is 1. The second-order valence-electron chi connectivity index (χ2n) is 7.09. The first kappa shape index (κ1) is 21.1. The maximum absolute atomic E-state index is 12.0. The van der Waals surface area contributed by atoms with Crippen molar-refractivity contribution in [2.75, 3.05) is 7.11 Å². The second kappa shape index (κ2) is 9.31. The fourth-order valence-electron chi connectivity index (χ4n) is 3.74. The van der Waals surface area contributed by atoms with Gasteiger partial charge in [0, 0.05) is 29.3 Å². The van der Waals surface area contributed by atoms with E-state index in [4.69, 9.17) is 9.47 Å². The zero-order valence-corrected chi connectivity index (χ0v) is 18.0. The monoisotopic (exact) mass is 425 g/mol. The molecule has 0 bridgehead atoms. The number of esters is 1. The van der Waals surface area contributed by atoms with Crippen LogP contribution in [-0.4, -0.2) is 28.3 Å². The molecule has 0 aliphatic carbocycles. The number of hydrogen-bond acceptors (Lipinski definition) is 5. The predicted octanol–water partition coefficient (Wildman–Crippen LogP) is 5.43. The van der Waals surface area contributed by atoms with Gasteiger partial charge in [-0.3, -0.25) is 5.10 Å². The molecule has 160 valence electrons. The van der Waals surface area contributed by atoms with E-state index in [0.29, 0.717) is 11.6 Å². The van der Waals surface area contributed by atoms with Gasteiger partial charge in [-0.15, -0.1) is 0 Å². The first-order valence-electron chi connectivity index (χ1n) is 10.2. The predicted molar refractivity (Wildman–Crippen MR) is 125 cm³/mol. The molecule has 0 unspecified atom stereocenters. The lowest BCUT2D eigenvalue weighted by molar-refractivity contribution is -0.128. The van der Waals surface area contributed by atoms with Gasteiger partial charge >= 0.3 is 5.97 Å². The van der Waals surface area contributed by atoms with E-state index in [1.165, 1.54) is 0 Å². The molecule has 0 aliphatic heterocycles. The van der Waals surface area contributed by atoms with Crippen LogP contribution < -0.4 is 9.47 Å². The van der Waals surface area contributed by atoms with Crippen LogP contribution in [0.1, 0.15) is 30.0 Å². The molecular weight excluding hydrogens is 402 g/mol. The quantitative estimate of drug-likeness (QED) is 0.243. The Labute approximate surface area is 186 Å². The van der Waals surface area contributed by atoms with Gasteiger partial charge in [0.05, 0.1) is 18.8 Å². The highest BCUT2D eigenvalue weighted by molar-refractivity contribution is 6.02. The van der Waals surface area contributed by atoms with E-state index in [1.54, 1.807) is 25.6 Å². The minimum absolute atomic E-state index is 0.465. The van der Waals surface area contributed by atoms with Crippen molar-refractivity contribution in [2.45, 2.75) is 13.3 Å². The van der Waals surface area contributed by atoms with E-state index in [0.717, 1.165) is 51.2 Å². The SMILES string of the molecule is C=CC(=O)Oc1ccccc1/C(=C(\CC)c1ccnc(OC)c1)c1ccc2[nH]ncc2c1. The standard InChI is InChI=1S/C26H23N3O3/c1-4-20(17-12-13-27-24(15-17)31-3)26(18-10-11-22-19(14-18)16-28-29-22)21-8-6-7-9-23(21)32-25(30)5-2/h5-16H,2,4H2,1,3H3,(H,28,29)/b26-20+. The average Bonchev–Trinajstić information content (AvgIpc) is 3.31. The summed E-state index contributed by atoms with van der Waals surface area (Å²) in [6.07, 6.45) is 5.41. The van der Waals surface area contributed by atoms with Crippen molar-refractivity contribution in [3.63, 3.8) is 0 Å². The number of benzene rings is 2. The molecule has 32 heavy (non-hydrogen) atoms. The summed E-state index contributed by atoms with van der Waals surface area (Å²) in [6.45, 7) is 5.61. The third-order valence-corrected chi connectivity index (χ3v) is 5.21. The van der Waals surface area contributed by atoms with Gasteiger partial charge in [-0.2, -0.15) is 5.10 Å².